The molecule has 204 valence electrons. The van der Waals surface area contributed by atoms with Crippen LogP contribution in [0.15, 0.2) is 84.1 Å². The number of para-hydroxylation sites is 2. The van der Waals surface area contributed by atoms with Crippen LogP contribution in [0.3, 0.4) is 0 Å². The van der Waals surface area contributed by atoms with Gasteiger partial charge in [0.1, 0.15) is 0 Å². The van der Waals surface area contributed by atoms with Crippen LogP contribution < -0.4 is 10.7 Å². The van der Waals surface area contributed by atoms with E-state index in [2.05, 4.69) is 10.3 Å². The Bertz CT molecular complexity index is 1700. The van der Waals surface area contributed by atoms with Crippen molar-refractivity contribution in [3.05, 3.63) is 95.6 Å². The third kappa shape index (κ3) is 5.29. The number of aliphatic hydroxyl groups is 1. The van der Waals surface area contributed by atoms with Crippen LogP contribution >= 0.6 is 0 Å². The Balaban J connectivity index is 1.58. The zero-order chi connectivity index (χ0) is 27.9. The molecule has 6 rings (SSSR count). The number of nitrogens with zero attached hydrogens (tertiary/aromatic N) is 4. The van der Waals surface area contributed by atoms with E-state index in [0.29, 0.717) is 35.1 Å². The van der Waals surface area contributed by atoms with Crippen molar-refractivity contribution in [2.24, 2.45) is 4.99 Å². The summed E-state index contributed by atoms with van der Waals surface area (Å²) in [4.78, 5) is 14.3. The first-order valence-corrected chi connectivity index (χ1v) is 13.3. The highest BCUT2D eigenvalue weighted by Crippen LogP contribution is 2.33. The van der Waals surface area contributed by atoms with E-state index in [9.17, 15) is 18.3 Å². The normalized spacial score (nSPS) is 18.4. The van der Waals surface area contributed by atoms with Crippen LogP contribution in [-0.2, 0) is 6.18 Å². The molecule has 2 heterocycles. The Hall–Kier alpha value is -4.24. The summed E-state index contributed by atoms with van der Waals surface area (Å²) in [6.07, 6.45) is 1.76. The van der Waals surface area contributed by atoms with Crippen molar-refractivity contribution in [1.29, 1.82) is 0 Å². The van der Waals surface area contributed by atoms with Gasteiger partial charge in [0.25, 0.3) is 0 Å². The number of rotatable bonds is 4. The summed E-state index contributed by atoms with van der Waals surface area (Å²) in [6, 6.07) is 18.7. The van der Waals surface area contributed by atoms with Crippen molar-refractivity contribution in [3.8, 4) is 17.1 Å². The lowest BCUT2D eigenvalue weighted by atomic mass is 9.93. The van der Waals surface area contributed by atoms with Crippen molar-refractivity contribution in [2.45, 2.75) is 50.9 Å². The molecule has 1 aromatic heterocycles. The number of aromatic nitrogens is 3. The second-order valence-corrected chi connectivity index (χ2v) is 10.3. The molecule has 2 aliphatic carbocycles. The summed E-state index contributed by atoms with van der Waals surface area (Å²) >= 11 is 0. The standard InChI is InChI=1S/C31H28F3N5O/c1-19-14-22(18-35-17-19)37-26-15-28-30(16-27(26)36-21-8-12-24(40)13-9-21)39(29-5-3-2-4-25(29)38-28)23-10-6-20(7-11-23)31(32,33)34/h2-7,10-11,14-18,21,24,37,40H,8-9,12-13H2,1H3/b36-27+. The van der Waals surface area contributed by atoms with Gasteiger partial charge in [0.15, 0.2) is 0 Å². The topological polar surface area (TPSA) is 75.3 Å². The van der Waals surface area contributed by atoms with E-state index >= 15 is 0 Å². The molecule has 0 spiro atoms. The highest BCUT2D eigenvalue weighted by Gasteiger charge is 2.30. The number of benzene rings is 3. The van der Waals surface area contributed by atoms with Gasteiger partial charge in [-0.15, -0.1) is 0 Å². The number of hydrogen-bond donors (Lipinski definition) is 2. The lowest BCUT2D eigenvalue weighted by Gasteiger charge is -2.23. The summed E-state index contributed by atoms with van der Waals surface area (Å²) in [6.45, 7) is 1.97. The Morgan fingerprint density at radius 2 is 1.70 bits per heavy atom. The Morgan fingerprint density at radius 1 is 0.950 bits per heavy atom. The molecule has 40 heavy (non-hydrogen) atoms. The predicted molar refractivity (Wildman–Crippen MR) is 149 cm³/mol. The first-order valence-electron chi connectivity index (χ1n) is 13.3. The molecule has 3 aliphatic rings. The van der Waals surface area contributed by atoms with Gasteiger partial charge in [-0.25, -0.2) is 4.98 Å². The Kier molecular flexibility index (Phi) is 6.75. The van der Waals surface area contributed by atoms with Gasteiger partial charge in [-0.2, -0.15) is 13.2 Å². The molecule has 1 saturated carbocycles. The summed E-state index contributed by atoms with van der Waals surface area (Å²) < 4.78 is 41.9. The highest BCUT2D eigenvalue weighted by molar-refractivity contribution is 5.84. The van der Waals surface area contributed by atoms with E-state index in [1.165, 1.54) is 12.1 Å². The Morgan fingerprint density at radius 3 is 2.42 bits per heavy atom. The quantitative estimate of drug-likeness (QED) is 0.245. The van der Waals surface area contributed by atoms with Crippen LogP contribution in [0, 0.1) is 6.92 Å². The first-order chi connectivity index (χ1) is 19.2. The number of anilines is 2. The predicted octanol–water partition coefficient (Wildman–Crippen LogP) is 6.80. The van der Waals surface area contributed by atoms with Crippen LogP contribution in [0.4, 0.5) is 24.5 Å². The van der Waals surface area contributed by atoms with Gasteiger partial charge >= 0.3 is 6.18 Å². The van der Waals surface area contributed by atoms with E-state index in [4.69, 9.17) is 9.98 Å². The minimum absolute atomic E-state index is 0.0463. The average molecular weight is 544 g/mol. The second kappa shape index (κ2) is 10.4. The van der Waals surface area contributed by atoms with E-state index in [1.54, 1.807) is 12.4 Å². The lowest BCUT2D eigenvalue weighted by molar-refractivity contribution is -0.137. The first kappa shape index (κ1) is 26.0. The fraction of sp³-hybridized carbons (Fsp3) is 0.258. The van der Waals surface area contributed by atoms with Crippen LogP contribution in [-0.4, -0.2) is 31.8 Å². The maximum absolute atomic E-state index is 13.3. The zero-order valence-electron chi connectivity index (χ0n) is 21.9. The fourth-order valence-electron chi connectivity index (χ4n) is 5.29. The number of aryl methyl sites for hydroxylation is 1. The number of hydrogen-bond acceptors (Lipinski definition) is 5. The highest BCUT2D eigenvalue weighted by atomic mass is 19.4. The van der Waals surface area contributed by atoms with Gasteiger partial charge in [0, 0.05) is 11.9 Å². The molecule has 0 unspecified atom stereocenters. The molecule has 1 aliphatic heterocycles. The van der Waals surface area contributed by atoms with Crippen molar-refractivity contribution < 1.29 is 18.3 Å². The SMILES string of the molecule is Cc1cncc(Nc2cc3nc4ccccc4n(-c4ccc(C(F)(F)F)cc4)c-3c/c2=N\C2CCC(O)CC2)c1. The molecule has 2 aromatic carbocycles. The van der Waals surface area contributed by atoms with Crippen LogP contribution in [0.25, 0.3) is 28.1 Å². The summed E-state index contributed by atoms with van der Waals surface area (Å²) in [7, 11) is 0. The maximum Gasteiger partial charge on any atom is 0.416 e. The van der Waals surface area contributed by atoms with Gasteiger partial charge in [-0.3, -0.25) is 9.98 Å². The molecule has 0 amide bonds. The number of halogens is 3. The number of aliphatic hydroxyl groups excluding tert-OH is 1. The van der Waals surface area contributed by atoms with Crippen molar-refractivity contribution in [3.63, 3.8) is 0 Å². The molecule has 6 nitrogen and oxygen atoms in total. The van der Waals surface area contributed by atoms with Gasteiger partial charge in [-0.1, -0.05) is 12.1 Å². The Labute approximate surface area is 229 Å². The molecular formula is C31H28F3N5O. The fourth-order valence-corrected chi connectivity index (χ4v) is 5.29. The maximum atomic E-state index is 13.3. The van der Waals surface area contributed by atoms with E-state index in [0.717, 1.165) is 53.1 Å². The summed E-state index contributed by atoms with van der Waals surface area (Å²) in [5, 5.41) is 14.2. The number of pyridine rings is 1. The monoisotopic (exact) mass is 543 g/mol. The molecule has 3 aromatic rings. The molecule has 9 heteroatoms. The molecular weight excluding hydrogens is 515 g/mol. The summed E-state index contributed by atoms with van der Waals surface area (Å²) in [5.74, 6) is 0. The molecule has 0 atom stereocenters. The molecule has 1 fully saturated rings. The molecule has 2 N–H and O–H groups in total. The average Bonchev–Trinajstić information content (AvgIpc) is 2.93. The van der Waals surface area contributed by atoms with Crippen molar-refractivity contribution in [1.82, 2.24) is 14.5 Å². The largest absolute Gasteiger partial charge is 0.416 e. The van der Waals surface area contributed by atoms with Gasteiger partial charge in [-0.05, 0) is 92.8 Å². The second-order valence-electron chi connectivity index (χ2n) is 10.3. The zero-order valence-corrected chi connectivity index (χ0v) is 21.9. The smallest absolute Gasteiger partial charge is 0.393 e. The third-order valence-corrected chi connectivity index (χ3v) is 7.29. The molecule has 0 radical (unpaired) electrons. The number of alkyl halides is 3. The van der Waals surface area contributed by atoms with E-state index < -0.39 is 11.7 Å². The van der Waals surface area contributed by atoms with Gasteiger partial charge in [0.2, 0.25) is 0 Å². The lowest BCUT2D eigenvalue weighted by Crippen LogP contribution is -2.24. The van der Waals surface area contributed by atoms with Crippen molar-refractivity contribution >= 4 is 22.4 Å². The van der Waals surface area contributed by atoms with Crippen molar-refractivity contribution in [2.75, 3.05) is 5.32 Å². The molecule has 0 saturated heterocycles. The van der Waals surface area contributed by atoms with Crippen LogP contribution in [0.1, 0.15) is 36.8 Å². The van der Waals surface area contributed by atoms with Crippen LogP contribution in [0.2, 0.25) is 0 Å². The molecule has 0 bridgehead atoms. The third-order valence-electron chi connectivity index (χ3n) is 7.29. The van der Waals surface area contributed by atoms with E-state index in [1.807, 2.05) is 54.0 Å². The van der Waals surface area contributed by atoms with E-state index in [-0.39, 0.29) is 12.1 Å². The number of nitrogens with one attached hydrogen (secondary N) is 1. The van der Waals surface area contributed by atoms with Crippen LogP contribution in [0.5, 0.6) is 0 Å². The van der Waals surface area contributed by atoms with Gasteiger partial charge < -0.3 is 15.0 Å². The van der Waals surface area contributed by atoms with Gasteiger partial charge in [0.05, 0.1) is 63.1 Å². The minimum Gasteiger partial charge on any atom is -0.393 e. The minimum atomic E-state index is -4.42. The number of fused-ring (bicyclic) bond motifs is 2. The summed E-state index contributed by atoms with van der Waals surface area (Å²) in [5.41, 5.74) is 5.34.